The first kappa shape index (κ1) is 15.7. The molecular weight excluding hydrogens is 318 g/mol. The zero-order valence-electron chi connectivity index (χ0n) is 13.9. The largest absolute Gasteiger partial charge is 0.497 e. The van der Waals surface area contributed by atoms with Crippen LogP contribution in [0.2, 0.25) is 0 Å². The summed E-state index contributed by atoms with van der Waals surface area (Å²) in [6.07, 6.45) is 2.09. The van der Waals surface area contributed by atoms with Crippen molar-refractivity contribution in [2.75, 3.05) is 19.0 Å². The molecule has 0 unspecified atom stereocenters. The second-order valence-electron chi connectivity index (χ2n) is 6.04. The molecular formula is C19H19N3O3. The number of benzene rings is 2. The van der Waals surface area contributed by atoms with Gasteiger partial charge in [0.25, 0.3) is 5.91 Å². The summed E-state index contributed by atoms with van der Waals surface area (Å²) in [7, 11) is 1.58. The number of nitrogens with zero attached hydrogens (tertiary/aromatic N) is 1. The molecule has 0 saturated carbocycles. The van der Waals surface area contributed by atoms with E-state index in [1.54, 1.807) is 31.4 Å². The summed E-state index contributed by atoms with van der Waals surface area (Å²) in [6, 6.07) is 12.7. The third kappa shape index (κ3) is 3.21. The van der Waals surface area contributed by atoms with Crippen molar-refractivity contribution in [1.29, 1.82) is 0 Å². The van der Waals surface area contributed by atoms with Crippen LogP contribution in [0.15, 0.2) is 42.5 Å². The van der Waals surface area contributed by atoms with Crippen LogP contribution in [0.5, 0.6) is 5.75 Å². The van der Waals surface area contributed by atoms with E-state index in [1.165, 1.54) is 0 Å². The minimum Gasteiger partial charge on any atom is -0.497 e. The van der Waals surface area contributed by atoms with E-state index >= 15 is 0 Å². The van der Waals surface area contributed by atoms with Crippen molar-refractivity contribution in [2.24, 2.45) is 0 Å². The summed E-state index contributed by atoms with van der Waals surface area (Å²) in [5.74, 6) is 1.32. The van der Waals surface area contributed by atoms with Gasteiger partial charge in [-0.2, -0.15) is 0 Å². The topological polar surface area (TPSA) is 76.2 Å². The molecule has 2 N–H and O–H groups in total. The van der Waals surface area contributed by atoms with Gasteiger partial charge in [-0.05, 0) is 49.2 Å². The molecule has 128 valence electrons. The van der Waals surface area contributed by atoms with Crippen LogP contribution in [0.25, 0.3) is 11.0 Å². The summed E-state index contributed by atoms with van der Waals surface area (Å²) in [5, 5.41) is 2.91. The summed E-state index contributed by atoms with van der Waals surface area (Å²) in [4.78, 5) is 20.3. The first-order valence-electron chi connectivity index (χ1n) is 8.29. The number of methoxy groups -OCH3 is 1. The van der Waals surface area contributed by atoms with Crippen molar-refractivity contribution in [1.82, 2.24) is 9.97 Å². The Morgan fingerprint density at radius 2 is 2.24 bits per heavy atom. The first-order chi connectivity index (χ1) is 12.2. The fourth-order valence-corrected chi connectivity index (χ4v) is 3.02. The molecule has 1 aliphatic heterocycles. The summed E-state index contributed by atoms with van der Waals surface area (Å²) in [6.45, 7) is 0.781. The van der Waals surface area contributed by atoms with Crippen LogP contribution in [0.1, 0.15) is 35.1 Å². The van der Waals surface area contributed by atoms with Crippen LogP contribution >= 0.6 is 0 Å². The van der Waals surface area contributed by atoms with Gasteiger partial charge in [-0.15, -0.1) is 0 Å². The van der Waals surface area contributed by atoms with Crippen LogP contribution in [0, 0.1) is 0 Å². The Labute approximate surface area is 145 Å². The smallest absolute Gasteiger partial charge is 0.255 e. The number of ether oxygens (including phenoxy) is 2. The molecule has 4 rings (SSSR count). The van der Waals surface area contributed by atoms with Gasteiger partial charge in [-0.3, -0.25) is 4.79 Å². The minimum atomic E-state index is -0.183. The average molecular weight is 337 g/mol. The van der Waals surface area contributed by atoms with E-state index in [2.05, 4.69) is 15.3 Å². The SMILES string of the molecule is COc1cccc(C(=O)Nc2ccc3nc([C@H]4CCCO4)[nH]c3c2)c1. The number of rotatable bonds is 4. The highest BCUT2D eigenvalue weighted by molar-refractivity contribution is 6.05. The molecule has 1 atom stereocenters. The first-order valence-corrected chi connectivity index (χ1v) is 8.29. The number of amides is 1. The zero-order chi connectivity index (χ0) is 17.2. The van der Waals surface area contributed by atoms with Gasteiger partial charge in [0.2, 0.25) is 0 Å². The standard InChI is InChI=1S/C19H19N3O3/c1-24-14-5-2-4-12(10-14)19(23)20-13-7-8-15-16(11-13)22-18(21-15)17-6-3-9-25-17/h2,4-5,7-8,10-11,17H,3,6,9H2,1H3,(H,20,23)(H,21,22)/t17-/m1/s1. The van der Waals surface area contributed by atoms with Gasteiger partial charge in [-0.25, -0.2) is 4.98 Å². The van der Waals surface area contributed by atoms with Gasteiger partial charge in [0, 0.05) is 17.9 Å². The molecule has 0 bridgehead atoms. The Hall–Kier alpha value is -2.86. The predicted molar refractivity (Wildman–Crippen MR) is 95.0 cm³/mol. The number of aromatic amines is 1. The Bertz CT molecular complexity index is 913. The molecule has 1 amide bonds. The molecule has 1 saturated heterocycles. The molecule has 0 spiro atoms. The van der Waals surface area contributed by atoms with Gasteiger partial charge in [0.1, 0.15) is 17.7 Å². The van der Waals surface area contributed by atoms with E-state index in [-0.39, 0.29) is 12.0 Å². The van der Waals surface area contributed by atoms with Crippen molar-refractivity contribution in [3.63, 3.8) is 0 Å². The normalized spacial score (nSPS) is 16.9. The third-order valence-corrected chi connectivity index (χ3v) is 4.32. The van der Waals surface area contributed by atoms with Crippen LogP contribution in [-0.4, -0.2) is 29.6 Å². The average Bonchev–Trinajstić information content (AvgIpc) is 3.30. The van der Waals surface area contributed by atoms with E-state index in [0.717, 1.165) is 36.3 Å². The third-order valence-electron chi connectivity index (χ3n) is 4.32. The zero-order valence-corrected chi connectivity index (χ0v) is 13.9. The van der Waals surface area contributed by atoms with Gasteiger partial charge in [-0.1, -0.05) is 6.07 Å². The molecule has 6 nitrogen and oxygen atoms in total. The number of H-pyrrole nitrogens is 1. The molecule has 0 radical (unpaired) electrons. The molecule has 3 aromatic rings. The monoisotopic (exact) mass is 337 g/mol. The molecule has 1 aromatic heterocycles. The van der Waals surface area contributed by atoms with Gasteiger partial charge >= 0.3 is 0 Å². The Morgan fingerprint density at radius 1 is 1.32 bits per heavy atom. The number of carbonyl (C=O) groups is 1. The van der Waals surface area contributed by atoms with Crippen LogP contribution < -0.4 is 10.1 Å². The highest BCUT2D eigenvalue weighted by Gasteiger charge is 2.21. The highest BCUT2D eigenvalue weighted by Crippen LogP contribution is 2.28. The number of anilines is 1. The molecule has 2 aromatic carbocycles. The number of imidazole rings is 1. The van der Waals surface area contributed by atoms with Gasteiger partial charge in [0.05, 0.1) is 18.1 Å². The summed E-state index contributed by atoms with van der Waals surface area (Å²) < 4.78 is 10.8. The summed E-state index contributed by atoms with van der Waals surface area (Å²) in [5.41, 5.74) is 3.01. The predicted octanol–water partition coefficient (Wildman–Crippen LogP) is 3.68. The maximum atomic E-state index is 12.4. The highest BCUT2D eigenvalue weighted by atomic mass is 16.5. The lowest BCUT2D eigenvalue weighted by Crippen LogP contribution is -2.11. The molecule has 0 aliphatic carbocycles. The lowest BCUT2D eigenvalue weighted by Gasteiger charge is -2.06. The van der Waals surface area contributed by atoms with Gasteiger partial charge in [0.15, 0.2) is 0 Å². The number of hydrogen-bond acceptors (Lipinski definition) is 4. The van der Waals surface area contributed by atoms with E-state index in [0.29, 0.717) is 17.0 Å². The van der Waals surface area contributed by atoms with Crippen LogP contribution in [0.3, 0.4) is 0 Å². The summed E-state index contributed by atoms with van der Waals surface area (Å²) >= 11 is 0. The lowest BCUT2D eigenvalue weighted by atomic mass is 10.2. The minimum absolute atomic E-state index is 0.0437. The van der Waals surface area contributed by atoms with E-state index in [4.69, 9.17) is 9.47 Å². The molecule has 1 aliphatic rings. The van der Waals surface area contributed by atoms with Crippen molar-refractivity contribution in [2.45, 2.75) is 18.9 Å². The fourth-order valence-electron chi connectivity index (χ4n) is 3.02. The molecule has 2 heterocycles. The fraction of sp³-hybridized carbons (Fsp3) is 0.263. The number of aromatic nitrogens is 2. The number of hydrogen-bond donors (Lipinski definition) is 2. The Morgan fingerprint density at radius 3 is 3.04 bits per heavy atom. The lowest BCUT2D eigenvalue weighted by molar-refractivity contribution is 0.102. The van der Waals surface area contributed by atoms with Crippen LogP contribution in [0.4, 0.5) is 5.69 Å². The van der Waals surface area contributed by atoms with E-state index in [1.807, 2.05) is 18.2 Å². The Kier molecular flexibility index (Phi) is 4.11. The maximum absolute atomic E-state index is 12.4. The second-order valence-corrected chi connectivity index (χ2v) is 6.04. The van der Waals surface area contributed by atoms with E-state index < -0.39 is 0 Å². The van der Waals surface area contributed by atoms with Crippen molar-refractivity contribution < 1.29 is 14.3 Å². The quantitative estimate of drug-likeness (QED) is 0.761. The number of nitrogens with one attached hydrogen (secondary N) is 2. The van der Waals surface area contributed by atoms with Gasteiger partial charge < -0.3 is 19.8 Å². The van der Waals surface area contributed by atoms with Crippen LogP contribution in [-0.2, 0) is 4.74 Å². The number of carbonyl (C=O) groups excluding carboxylic acids is 1. The molecule has 25 heavy (non-hydrogen) atoms. The maximum Gasteiger partial charge on any atom is 0.255 e. The Balaban J connectivity index is 1.55. The molecule has 6 heteroatoms. The molecule has 1 fully saturated rings. The van der Waals surface area contributed by atoms with E-state index in [9.17, 15) is 4.79 Å². The van der Waals surface area contributed by atoms with Crippen molar-refractivity contribution in [3.8, 4) is 5.75 Å². The number of fused-ring (bicyclic) bond motifs is 1. The van der Waals surface area contributed by atoms with Crippen molar-refractivity contribution in [3.05, 3.63) is 53.9 Å². The van der Waals surface area contributed by atoms with Crippen molar-refractivity contribution >= 4 is 22.6 Å². The second kappa shape index (κ2) is 6.57.